The lowest BCUT2D eigenvalue weighted by Crippen LogP contribution is -2.35. The zero-order valence-electron chi connectivity index (χ0n) is 18.8. The number of benzene rings is 3. The zero-order chi connectivity index (χ0) is 24.8. The Hall–Kier alpha value is -3.98. The second kappa shape index (κ2) is 11.0. The average molecular weight is 491 g/mol. The predicted molar refractivity (Wildman–Crippen MR) is 134 cm³/mol. The second-order valence-corrected chi connectivity index (χ2v) is 8.75. The van der Waals surface area contributed by atoms with Gasteiger partial charge in [-0.15, -0.1) is 0 Å². The number of primary amides is 1. The highest BCUT2D eigenvalue weighted by Gasteiger charge is 2.20. The highest BCUT2D eigenvalue weighted by molar-refractivity contribution is 7.99. The maximum atomic E-state index is 14.7. The summed E-state index contributed by atoms with van der Waals surface area (Å²) in [5.74, 6) is -1.41. The van der Waals surface area contributed by atoms with E-state index >= 15 is 0 Å². The summed E-state index contributed by atoms with van der Waals surface area (Å²) in [5.41, 5.74) is 6.29. The van der Waals surface area contributed by atoms with E-state index in [2.05, 4.69) is 4.98 Å². The van der Waals surface area contributed by atoms with Crippen molar-refractivity contribution in [2.45, 2.75) is 18.1 Å². The van der Waals surface area contributed by atoms with E-state index in [1.54, 1.807) is 35.2 Å². The molecule has 9 heteroatoms. The van der Waals surface area contributed by atoms with Crippen LogP contribution in [-0.4, -0.2) is 38.6 Å². The van der Waals surface area contributed by atoms with Crippen LogP contribution in [0, 0.1) is 5.82 Å². The Morgan fingerprint density at radius 1 is 0.971 bits per heavy atom. The van der Waals surface area contributed by atoms with Gasteiger partial charge in [0.1, 0.15) is 5.82 Å². The van der Waals surface area contributed by atoms with Gasteiger partial charge in [-0.05, 0) is 29.8 Å². The quantitative estimate of drug-likeness (QED) is 0.286. The molecule has 1 heterocycles. The standard InChI is InChI=1S/C26H23FN4O3S/c27-20-11-5-7-13-22(20)31-25(34)19-10-4-6-12-21(19)29-26(31)35-17-24(33)30(15-14-23(28)32)16-18-8-2-1-3-9-18/h1-13H,14-17H2,(H2,28,32). The number of para-hydroxylation sites is 2. The Kier molecular flexibility index (Phi) is 7.57. The van der Waals surface area contributed by atoms with Crippen molar-refractivity contribution in [1.29, 1.82) is 0 Å². The predicted octanol–water partition coefficient (Wildman–Crippen LogP) is 3.52. The van der Waals surface area contributed by atoms with E-state index in [0.717, 1.165) is 17.3 Å². The number of hydrogen-bond acceptors (Lipinski definition) is 5. The smallest absolute Gasteiger partial charge is 0.266 e. The lowest BCUT2D eigenvalue weighted by Gasteiger charge is -2.22. The van der Waals surface area contributed by atoms with Crippen LogP contribution in [0.25, 0.3) is 16.6 Å². The van der Waals surface area contributed by atoms with E-state index in [4.69, 9.17) is 5.73 Å². The molecule has 4 rings (SSSR count). The molecule has 2 amide bonds. The molecule has 0 radical (unpaired) electrons. The SMILES string of the molecule is NC(=O)CCN(Cc1ccccc1)C(=O)CSc1nc2ccccc2c(=O)n1-c1ccccc1F. The van der Waals surface area contributed by atoms with Gasteiger partial charge in [-0.2, -0.15) is 0 Å². The maximum Gasteiger partial charge on any atom is 0.266 e. The topological polar surface area (TPSA) is 98.3 Å². The molecule has 0 aliphatic rings. The van der Waals surface area contributed by atoms with E-state index in [-0.39, 0.29) is 35.5 Å². The molecule has 7 nitrogen and oxygen atoms in total. The fourth-order valence-electron chi connectivity index (χ4n) is 3.61. The first-order chi connectivity index (χ1) is 16.9. The zero-order valence-corrected chi connectivity index (χ0v) is 19.6. The van der Waals surface area contributed by atoms with Crippen molar-refractivity contribution < 1.29 is 14.0 Å². The van der Waals surface area contributed by atoms with Crippen molar-refractivity contribution >= 4 is 34.5 Å². The minimum atomic E-state index is -0.577. The summed E-state index contributed by atoms with van der Waals surface area (Å²) in [5, 5.41) is 0.542. The number of amides is 2. The molecule has 0 unspecified atom stereocenters. The molecule has 178 valence electrons. The van der Waals surface area contributed by atoms with Crippen LogP contribution < -0.4 is 11.3 Å². The first-order valence-electron chi connectivity index (χ1n) is 10.9. The molecule has 0 bridgehead atoms. The minimum absolute atomic E-state index is 0.0252. The highest BCUT2D eigenvalue weighted by atomic mass is 32.2. The third kappa shape index (κ3) is 5.75. The number of rotatable bonds is 9. The lowest BCUT2D eigenvalue weighted by atomic mass is 10.2. The monoisotopic (exact) mass is 490 g/mol. The van der Waals surface area contributed by atoms with Gasteiger partial charge in [-0.1, -0.05) is 66.4 Å². The van der Waals surface area contributed by atoms with Gasteiger partial charge < -0.3 is 10.6 Å². The Morgan fingerprint density at radius 3 is 2.40 bits per heavy atom. The molecule has 0 atom stereocenters. The van der Waals surface area contributed by atoms with Gasteiger partial charge >= 0.3 is 0 Å². The lowest BCUT2D eigenvalue weighted by molar-refractivity contribution is -0.129. The Labute approximate surface area is 205 Å². The molecule has 0 saturated carbocycles. The maximum absolute atomic E-state index is 14.7. The molecule has 0 saturated heterocycles. The first-order valence-corrected chi connectivity index (χ1v) is 11.9. The molecule has 0 fully saturated rings. The van der Waals surface area contributed by atoms with Gasteiger partial charge in [-0.25, -0.2) is 9.37 Å². The summed E-state index contributed by atoms with van der Waals surface area (Å²) in [6, 6.07) is 22.1. The van der Waals surface area contributed by atoms with Crippen molar-refractivity contribution in [3.8, 4) is 5.69 Å². The first kappa shape index (κ1) is 24.2. The Bertz CT molecular complexity index is 1430. The summed E-state index contributed by atoms with van der Waals surface area (Å²) in [6.45, 7) is 0.466. The van der Waals surface area contributed by atoms with E-state index in [1.165, 1.54) is 22.8 Å². The van der Waals surface area contributed by atoms with Crippen molar-refractivity contribution in [2.24, 2.45) is 5.73 Å². The van der Waals surface area contributed by atoms with Gasteiger partial charge in [-0.3, -0.25) is 19.0 Å². The average Bonchev–Trinajstić information content (AvgIpc) is 2.86. The number of carbonyl (C=O) groups excluding carboxylic acids is 2. The van der Waals surface area contributed by atoms with Crippen molar-refractivity contribution in [3.05, 3.63) is 101 Å². The van der Waals surface area contributed by atoms with Crippen LogP contribution in [0.2, 0.25) is 0 Å². The number of halogens is 1. The summed E-state index contributed by atoms with van der Waals surface area (Å²) >= 11 is 1.04. The molecule has 3 aromatic carbocycles. The van der Waals surface area contributed by atoms with Gasteiger partial charge in [0.05, 0.1) is 22.3 Å². The van der Waals surface area contributed by atoms with E-state index in [9.17, 15) is 18.8 Å². The number of carbonyl (C=O) groups is 2. The molecule has 0 spiro atoms. The van der Waals surface area contributed by atoms with Gasteiger partial charge in [0.25, 0.3) is 5.56 Å². The molecule has 0 aliphatic carbocycles. The molecular formula is C26H23FN4O3S. The van der Waals surface area contributed by atoms with Crippen molar-refractivity contribution in [2.75, 3.05) is 12.3 Å². The molecule has 4 aromatic rings. The molecule has 35 heavy (non-hydrogen) atoms. The Balaban J connectivity index is 1.65. The number of fused-ring (bicyclic) bond motifs is 1. The second-order valence-electron chi connectivity index (χ2n) is 7.81. The van der Waals surface area contributed by atoms with Crippen molar-refractivity contribution in [1.82, 2.24) is 14.5 Å². The fraction of sp³-hybridized carbons (Fsp3) is 0.154. The summed E-state index contributed by atoms with van der Waals surface area (Å²) in [4.78, 5) is 43.9. The largest absolute Gasteiger partial charge is 0.370 e. The number of hydrogen-bond donors (Lipinski definition) is 1. The third-order valence-electron chi connectivity index (χ3n) is 5.36. The molecule has 0 aliphatic heterocycles. The fourth-order valence-corrected chi connectivity index (χ4v) is 4.52. The molecule has 2 N–H and O–H groups in total. The third-order valence-corrected chi connectivity index (χ3v) is 6.28. The van der Waals surface area contributed by atoms with Crippen LogP contribution in [0.4, 0.5) is 4.39 Å². The van der Waals surface area contributed by atoms with Gasteiger partial charge in [0.15, 0.2) is 5.16 Å². The van der Waals surface area contributed by atoms with E-state index < -0.39 is 17.3 Å². The van der Waals surface area contributed by atoms with E-state index in [1.807, 2.05) is 30.3 Å². The van der Waals surface area contributed by atoms with Crippen LogP contribution in [0.15, 0.2) is 88.8 Å². The van der Waals surface area contributed by atoms with Gasteiger partial charge in [0.2, 0.25) is 11.8 Å². The van der Waals surface area contributed by atoms with Crippen LogP contribution >= 0.6 is 11.8 Å². The Morgan fingerprint density at radius 2 is 1.66 bits per heavy atom. The van der Waals surface area contributed by atoms with Crippen LogP contribution in [0.3, 0.4) is 0 Å². The molecule has 1 aromatic heterocycles. The van der Waals surface area contributed by atoms with Crippen LogP contribution in [-0.2, 0) is 16.1 Å². The number of thioether (sulfide) groups is 1. The number of nitrogens with zero attached hydrogens (tertiary/aromatic N) is 3. The summed E-state index contributed by atoms with van der Waals surface area (Å²) in [7, 11) is 0. The van der Waals surface area contributed by atoms with Crippen LogP contribution in [0.5, 0.6) is 0 Å². The van der Waals surface area contributed by atoms with Crippen molar-refractivity contribution in [3.63, 3.8) is 0 Å². The molecular weight excluding hydrogens is 467 g/mol. The summed E-state index contributed by atoms with van der Waals surface area (Å²) < 4.78 is 15.9. The minimum Gasteiger partial charge on any atom is -0.370 e. The highest BCUT2D eigenvalue weighted by Crippen LogP contribution is 2.23. The normalized spacial score (nSPS) is 10.9. The van der Waals surface area contributed by atoms with Crippen LogP contribution in [0.1, 0.15) is 12.0 Å². The summed E-state index contributed by atoms with van der Waals surface area (Å²) in [6.07, 6.45) is 0.0252. The number of aromatic nitrogens is 2. The number of nitrogens with two attached hydrogens (primary N) is 1. The van der Waals surface area contributed by atoms with E-state index in [0.29, 0.717) is 17.4 Å². The van der Waals surface area contributed by atoms with Gasteiger partial charge in [0, 0.05) is 19.5 Å².